The number of fused-ring (bicyclic) bond motifs is 1. The number of hydrogen-bond donors (Lipinski definition) is 1. The Kier molecular flexibility index (Phi) is 4.37. The lowest BCUT2D eigenvalue weighted by molar-refractivity contribution is -0.150. The molecule has 6 nitrogen and oxygen atoms in total. The highest BCUT2D eigenvalue weighted by Gasteiger charge is 2.51. The molecule has 0 saturated heterocycles. The first-order valence-electron chi connectivity index (χ1n) is 10.4. The van der Waals surface area contributed by atoms with E-state index in [9.17, 15) is 9.59 Å². The maximum atomic E-state index is 12.4. The molecular formula is C22H26N2O4. The number of esters is 1. The van der Waals surface area contributed by atoms with Gasteiger partial charge in [-0.25, -0.2) is 4.98 Å². The Balaban J connectivity index is 1.09. The average molecular weight is 382 g/mol. The number of nitrogens with zero attached hydrogens (tertiary/aromatic N) is 1. The van der Waals surface area contributed by atoms with Crippen LogP contribution in [0.25, 0.3) is 11.1 Å². The third kappa shape index (κ3) is 3.52. The molecular weight excluding hydrogens is 356 g/mol. The molecule has 4 fully saturated rings. The summed E-state index contributed by atoms with van der Waals surface area (Å²) in [6, 6.07) is 7.49. The summed E-state index contributed by atoms with van der Waals surface area (Å²) in [6.07, 6.45) is 7.80. The third-order valence-electron chi connectivity index (χ3n) is 6.69. The van der Waals surface area contributed by atoms with Crippen molar-refractivity contribution in [2.45, 2.75) is 56.9 Å². The van der Waals surface area contributed by atoms with Crippen molar-refractivity contribution in [2.24, 2.45) is 17.8 Å². The standard InChI is InChI=1S/C22H26N2O4/c25-19(24-22-10-14-7-15(11-22)9-16(8-14)12-22)13-27-21(26)6-5-20-23-17-3-1-2-4-18(17)28-20/h1-4,14-16H,5-13H2,(H,24,25). The number of aryl methyl sites for hydroxylation is 1. The minimum Gasteiger partial charge on any atom is -0.456 e. The second-order valence-corrected chi connectivity index (χ2v) is 8.98. The van der Waals surface area contributed by atoms with E-state index < -0.39 is 5.97 Å². The molecule has 0 radical (unpaired) electrons. The molecule has 4 aliphatic carbocycles. The van der Waals surface area contributed by atoms with Crippen molar-refractivity contribution < 1.29 is 18.7 Å². The lowest BCUT2D eigenvalue weighted by Crippen LogP contribution is -2.60. The molecule has 0 unspecified atom stereocenters. The average Bonchev–Trinajstić information content (AvgIpc) is 3.06. The fourth-order valence-electron chi connectivity index (χ4n) is 6.05. The van der Waals surface area contributed by atoms with Crippen molar-refractivity contribution >= 4 is 23.0 Å². The van der Waals surface area contributed by atoms with Crippen LogP contribution in [0.5, 0.6) is 0 Å². The molecule has 28 heavy (non-hydrogen) atoms. The Morgan fingerprint density at radius 1 is 1.11 bits per heavy atom. The van der Waals surface area contributed by atoms with Gasteiger partial charge >= 0.3 is 5.97 Å². The van der Waals surface area contributed by atoms with Gasteiger partial charge in [-0.05, 0) is 68.4 Å². The van der Waals surface area contributed by atoms with E-state index in [-0.39, 0.29) is 24.5 Å². The van der Waals surface area contributed by atoms with E-state index in [4.69, 9.17) is 9.15 Å². The van der Waals surface area contributed by atoms with E-state index in [2.05, 4.69) is 10.3 Å². The van der Waals surface area contributed by atoms with Crippen LogP contribution in [-0.4, -0.2) is 29.0 Å². The highest BCUT2D eigenvalue weighted by Crippen LogP contribution is 2.55. The van der Waals surface area contributed by atoms with E-state index in [1.54, 1.807) is 0 Å². The lowest BCUT2D eigenvalue weighted by Gasteiger charge is -2.56. The molecule has 1 heterocycles. The lowest BCUT2D eigenvalue weighted by atomic mass is 9.53. The molecule has 2 aromatic rings. The molecule has 1 N–H and O–H groups in total. The number of rotatable bonds is 6. The van der Waals surface area contributed by atoms with E-state index in [0.29, 0.717) is 17.9 Å². The van der Waals surface area contributed by atoms with Crippen LogP contribution in [0.4, 0.5) is 0 Å². The largest absolute Gasteiger partial charge is 0.456 e. The predicted molar refractivity (Wildman–Crippen MR) is 102 cm³/mol. The SMILES string of the molecule is O=C(COC(=O)CCc1nc2ccccc2o1)NC12CC3CC(CC(C3)C1)C2. The Labute approximate surface area is 164 Å². The third-order valence-corrected chi connectivity index (χ3v) is 6.69. The van der Waals surface area contributed by atoms with E-state index >= 15 is 0 Å². The van der Waals surface area contributed by atoms with Gasteiger partial charge in [-0.3, -0.25) is 9.59 Å². The summed E-state index contributed by atoms with van der Waals surface area (Å²) < 4.78 is 10.8. The molecule has 1 aromatic carbocycles. The topological polar surface area (TPSA) is 81.4 Å². The van der Waals surface area contributed by atoms with Crippen LogP contribution in [0.2, 0.25) is 0 Å². The van der Waals surface area contributed by atoms with Gasteiger partial charge in [0.1, 0.15) is 5.52 Å². The quantitative estimate of drug-likeness (QED) is 0.775. The van der Waals surface area contributed by atoms with Crippen molar-refractivity contribution in [3.63, 3.8) is 0 Å². The summed E-state index contributed by atoms with van der Waals surface area (Å²) in [7, 11) is 0. The number of para-hydroxylation sites is 2. The molecule has 6 heteroatoms. The van der Waals surface area contributed by atoms with Crippen LogP contribution in [-0.2, 0) is 20.7 Å². The number of ether oxygens (including phenoxy) is 1. The fourth-order valence-corrected chi connectivity index (χ4v) is 6.05. The van der Waals surface area contributed by atoms with Gasteiger partial charge in [-0.1, -0.05) is 12.1 Å². The highest BCUT2D eigenvalue weighted by molar-refractivity contribution is 5.81. The van der Waals surface area contributed by atoms with Crippen LogP contribution >= 0.6 is 0 Å². The smallest absolute Gasteiger partial charge is 0.306 e. The first-order chi connectivity index (χ1) is 13.6. The summed E-state index contributed by atoms with van der Waals surface area (Å²) in [5, 5.41) is 3.22. The Bertz CT molecular complexity index is 835. The first-order valence-corrected chi connectivity index (χ1v) is 10.4. The summed E-state index contributed by atoms with van der Waals surface area (Å²) in [5.74, 6) is 2.25. The fraction of sp³-hybridized carbons (Fsp3) is 0.591. The Morgan fingerprint density at radius 2 is 1.79 bits per heavy atom. The second-order valence-electron chi connectivity index (χ2n) is 8.98. The number of nitrogens with one attached hydrogen (secondary N) is 1. The highest BCUT2D eigenvalue weighted by atomic mass is 16.5. The van der Waals surface area contributed by atoms with Gasteiger partial charge in [0.15, 0.2) is 18.1 Å². The van der Waals surface area contributed by atoms with Gasteiger partial charge < -0.3 is 14.5 Å². The monoisotopic (exact) mass is 382 g/mol. The number of carbonyl (C=O) groups excluding carboxylic acids is 2. The van der Waals surface area contributed by atoms with Gasteiger partial charge in [-0.15, -0.1) is 0 Å². The van der Waals surface area contributed by atoms with Crippen molar-refractivity contribution in [2.75, 3.05) is 6.61 Å². The number of benzene rings is 1. The van der Waals surface area contributed by atoms with Crippen molar-refractivity contribution in [1.82, 2.24) is 10.3 Å². The van der Waals surface area contributed by atoms with E-state index in [1.807, 2.05) is 24.3 Å². The molecule has 4 saturated carbocycles. The molecule has 4 aliphatic rings. The molecule has 6 rings (SSSR count). The van der Waals surface area contributed by atoms with Crippen LogP contribution in [0.3, 0.4) is 0 Å². The van der Waals surface area contributed by atoms with Crippen molar-refractivity contribution in [3.8, 4) is 0 Å². The number of oxazole rings is 1. The zero-order chi connectivity index (χ0) is 19.1. The maximum absolute atomic E-state index is 12.4. The molecule has 0 atom stereocenters. The number of hydrogen-bond acceptors (Lipinski definition) is 5. The van der Waals surface area contributed by atoms with E-state index in [1.165, 1.54) is 19.3 Å². The number of aromatic nitrogens is 1. The van der Waals surface area contributed by atoms with Crippen molar-refractivity contribution in [3.05, 3.63) is 30.2 Å². The van der Waals surface area contributed by atoms with Crippen LogP contribution in [0, 0.1) is 17.8 Å². The number of carbonyl (C=O) groups is 2. The second kappa shape index (κ2) is 6.90. The van der Waals surface area contributed by atoms with E-state index in [0.717, 1.165) is 42.5 Å². The first kappa shape index (κ1) is 17.7. The molecule has 1 amide bonds. The Morgan fingerprint density at radius 3 is 2.46 bits per heavy atom. The Hall–Kier alpha value is -2.37. The molecule has 148 valence electrons. The molecule has 1 aromatic heterocycles. The minimum absolute atomic E-state index is 0.0452. The minimum atomic E-state index is -0.400. The van der Waals surface area contributed by atoms with Gasteiger partial charge in [0.05, 0.1) is 6.42 Å². The molecule has 0 aliphatic heterocycles. The summed E-state index contributed by atoms with van der Waals surface area (Å²) >= 11 is 0. The van der Waals surface area contributed by atoms with Crippen molar-refractivity contribution in [1.29, 1.82) is 0 Å². The normalized spacial score (nSPS) is 30.5. The van der Waals surface area contributed by atoms with Crippen LogP contribution in [0.15, 0.2) is 28.7 Å². The van der Waals surface area contributed by atoms with Crippen LogP contribution in [0.1, 0.15) is 50.8 Å². The molecule has 4 bridgehead atoms. The van der Waals surface area contributed by atoms with Gasteiger partial charge in [0.2, 0.25) is 0 Å². The predicted octanol–water partition coefficient (Wildman–Crippen LogP) is 3.39. The zero-order valence-corrected chi connectivity index (χ0v) is 16.0. The molecule has 0 spiro atoms. The van der Waals surface area contributed by atoms with Gasteiger partial charge in [-0.2, -0.15) is 0 Å². The number of amides is 1. The maximum Gasteiger partial charge on any atom is 0.306 e. The summed E-state index contributed by atoms with van der Waals surface area (Å²) in [5.41, 5.74) is 1.44. The van der Waals surface area contributed by atoms with Gasteiger partial charge in [0.25, 0.3) is 5.91 Å². The zero-order valence-electron chi connectivity index (χ0n) is 16.0. The van der Waals surface area contributed by atoms with Crippen LogP contribution < -0.4 is 5.32 Å². The summed E-state index contributed by atoms with van der Waals surface area (Å²) in [4.78, 5) is 28.8. The van der Waals surface area contributed by atoms with Gasteiger partial charge in [0, 0.05) is 12.0 Å². The summed E-state index contributed by atoms with van der Waals surface area (Å²) in [6.45, 7) is -0.200.